The molecule has 5 atom stereocenters. The molecule has 3 heteroatoms. The van der Waals surface area contributed by atoms with E-state index in [0.717, 1.165) is 11.8 Å². The Morgan fingerprint density at radius 2 is 1.94 bits per heavy atom. The molecule has 4 aliphatic carbocycles. The van der Waals surface area contributed by atoms with Gasteiger partial charge in [-0.2, -0.15) is 22.3 Å². The molecule has 0 aromatic rings. The fourth-order valence-electron chi connectivity index (χ4n) is 4.53. The molecule has 0 saturated heterocycles. The van der Waals surface area contributed by atoms with E-state index in [4.69, 9.17) is 10.5 Å². The second kappa shape index (κ2) is 4.07. The smallest absolute Gasteiger partial charge is 0.129 e. The zero-order valence-corrected chi connectivity index (χ0v) is 10.8. The van der Waals surface area contributed by atoms with Crippen molar-refractivity contribution < 1.29 is 0 Å². The summed E-state index contributed by atoms with van der Waals surface area (Å²) >= 11 is 1.95. The monoisotopic (exact) mass is 244 g/mol. The highest BCUT2D eigenvalue weighted by atomic mass is 32.2. The van der Waals surface area contributed by atoms with E-state index in [1.54, 1.807) is 0 Å². The van der Waals surface area contributed by atoms with Crippen molar-refractivity contribution in [2.24, 2.45) is 23.7 Å². The Labute approximate surface area is 107 Å². The third-order valence-corrected chi connectivity index (χ3v) is 6.17. The maximum Gasteiger partial charge on any atom is 0.129 e. The molecule has 4 unspecified atom stereocenters. The summed E-state index contributed by atoms with van der Waals surface area (Å²) in [5, 5.41) is 18.9. The minimum Gasteiger partial charge on any atom is -0.192 e. The van der Waals surface area contributed by atoms with E-state index in [1.165, 1.54) is 31.3 Å². The first-order valence-electron chi connectivity index (χ1n) is 6.35. The summed E-state index contributed by atoms with van der Waals surface area (Å²) in [6, 6.07) is 4.27. The van der Waals surface area contributed by atoms with Crippen LogP contribution < -0.4 is 0 Å². The molecule has 2 nitrogen and oxygen atoms in total. The minimum atomic E-state index is 0.429. The molecule has 4 saturated carbocycles. The predicted molar refractivity (Wildman–Crippen MR) is 68.0 cm³/mol. The van der Waals surface area contributed by atoms with Crippen molar-refractivity contribution >= 4 is 11.8 Å². The molecule has 0 radical (unpaired) electrons. The van der Waals surface area contributed by atoms with Crippen molar-refractivity contribution in [2.45, 2.75) is 30.9 Å². The van der Waals surface area contributed by atoms with Gasteiger partial charge < -0.3 is 0 Å². The van der Waals surface area contributed by atoms with Crippen LogP contribution >= 0.6 is 11.8 Å². The van der Waals surface area contributed by atoms with Gasteiger partial charge in [0.2, 0.25) is 0 Å². The molecular weight excluding hydrogens is 228 g/mol. The van der Waals surface area contributed by atoms with E-state index in [2.05, 4.69) is 18.4 Å². The summed E-state index contributed by atoms with van der Waals surface area (Å²) in [4.78, 5) is 0. The number of rotatable bonds is 1. The van der Waals surface area contributed by atoms with Gasteiger partial charge in [-0.05, 0) is 61.2 Å². The third-order valence-electron chi connectivity index (χ3n) is 4.91. The first-order chi connectivity index (χ1) is 8.28. The van der Waals surface area contributed by atoms with E-state index < -0.39 is 0 Å². The van der Waals surface area contributed by atoms with Crippen LogP contribution in [0.15, 0.2) is 11.1 Å². The van der Waals surface area contributed by atoms with Crippen molar-refractivity contribution in [2.75, 3.05) is 6.26 Å². The van der Waals surface area contributed by atoms with Gasteiger partial charge >= 0.3 is 0 Å². The van der Waals surface area contributed by atoms with Crippen LogP contribution in [0.3, 0.4) is 0 Å². The first-order valence-corrected chi connectivity index (χ1v) is 7.64. The fraction of sp³-hybridized carbons (Fsp3) is 0.714. The quantitative estimate of drug-likeness (QED) is 0.666. The van der Waals surface area contributed by atoms with Gasteiger partial charge in [0.05, 0.1) is 0 Å². The Morgan fingerprint density at radius 3 is 2.59 bits per heavy atom. The summed E-state index contributed by atoms with van der Waals surface area (Å²) in [7, 11) is 0. The zero-order valence-electron chi connectivity index (χ0n) is 10.0. The number of hydrogen-bond acceptors (Lipinski definition) is 3. The maximum absolute atomic E-state index is 9.13. The van der Waals surface area contributed by atoms with Crippen LogP contribution in [0.5, 0.6) is 0 Å². The lowest BCUT2D eigenvalue weighted by Crippen LogP contribution is -2.48. The summed E-state index contributed by atoms with van der Waals surface area (Å²) in [6.45, 7) is 0. The van der Waals surface area contributed by atoms with Crippen molar-refractivity contribution in [3.63, 3.8) is 0 Å². The maximum atomic E-state index is 9.13. The van der Waals surface area contributed by atoms with Gasteiger partial charge in [0, 0.05) is 5.25 Å². The van der Waals surface area contributed by atoms with E-state index in [9.17, 15) is 0 Å². The van der Waals surface area contributed by atoms with E-state index in [0.29, 0.717) is 22.7 Å². The number of hydrogen-bond donors (Lipinski definition) is 0. The van der Waals surface area contributed by atoms with E-state index in [1.807, 2.05) is 11.8 Å². The minimum absolute atomic E-state index is 0.429. The summed E-state index contributed by atoms with van der Waals surface area (Å²) < 4.78 is 0. The molecule has 0 aliphatic heterocycles. The van der Waals surface area contributed by atoms with Crippen LogP contribution in [0.25, 0.3) is 0 Å². The zero-order chi connectivity index (χ0) is 12.0. The summed E-state index contributed by atoms with van der Waals surface area (Å²) in [5.41, 5.74) is 1.65. The number of nitriles is 2. The standard InChI is InChI=1S/C14H16N2S/c1-17-14-10-3-8-2-9(5-10)13(12(14)4-8)11(6-15)7-16/h8-10,12,14H,2-5H2,1H3/t8?,9?,10?,12?,14-/m1/s1. The normalized spacial score (nSPS) is 42.1. The molecule has 0 amide bonds. The van der Waals surface area contributed by atoms with Crippen molar-refractivity contribution in [3.05, 3.63) is 11.1 Å². The number of nitrogens with zero attached hydrogens (tertiary/aromatic N) is 2. The Kier molecular flexibility index (Phi) is 2.68. The van der Waals surface area contributed by atoms with Gasteiger partial charge in [-0.1, -0.05) is 0 Å². The van der Waals surface area contributed by atoms with Crippen LogP contribution in [0.4, 0.5) is 0 Å². The van der Waals surface area contributed by atoms with Gasteiger partial charge in [-0.25, -0.2) is 0 Å². The van der Waals surface area contributed by atoms with Gasteiger partial charge in [-0.3, -0.25) is 0 Å². The molecule has 0 heterocycles. The van der Waals surface area contributed by atoms with E-state index in [-0.39, 0.29) is 0 Å². The first kappa shape index (κ1) is 11.2. The number of thioether (sulfide) groups is 1. The Morgan fingerprint density at radius 1 is 1.18 bits per heavy atom. The lowest BCUT2D eigenvalue weighted by atomic mass is 9.53. The second-order valence-corrected chi connectivity index (χ2v) is 6.64. The third kappa shape index (κ3) is 1.53. The largest absolute Gasteiger partial charge is 0.192 e. The van der Waals surface area contributed by atoms with Crippen molar-refractivity contribution in [3.8, 4) is 12.1 Å². The highest BCUT2D eigenvalue weighted by molar-refractivity contribution is 7.99. The van der Waals surface area contributed by atoms with Crippen molar-refractivity contribution in [1.29, 1.82) is 10.5 Å². The molecule has 4 aliphatic rings. The molecule has 0 aromatic heterocycles. The van der Waals surface area contributed by atoms with Crippen LogP contribution in [0, 0.1) is 46.3 Å². The molecule has 0 N–H and O–H groups in total. The molecule has 0 spiro atoms. The Balaban J connectivity index is 2.05. The van der Waals surface area contributed by atoms with Crippen LogP contribution in [0.1, 0.15) is 25.7 Å². The van der Waals surface area contributed by atoms with Crippen LogP contribution in [0.2, 0.25) is 0 Å². The highest BCUT2D eigenvalue weighted by Gasteiger charge is 2.51. The van der Waals surface area contributed by atoms with Gasteiger partial charge in [0.25, 0.3) is 0 Å². The summed E-state index contributed by atoms with van der Waals surface area (Å²) in [5.74, 6) is 2.79. The van der Waals surface area contributed by atoms with E-state index >= 15 is 0 Å². The highest BCUT2D eigenvalue weighted by Crippen LogP contribution is 2.59. The molecule has 4 fully saturated rings. The Bertz CT molecular complexity index is 438. The lowest BCUT2D eigenvalue weighted by Gasteiger charge is -2.55. The molecule has 88 valence electrons. The van der Waals surface area contributed by atoms with Gasteiger partial charge in [0.15, 0.2) is 0 Å². The summed E-state index contributed by atoms with van der Waals surface area (Å²) in [6.07, 6.45) is 7.25. The predicted octanol–water partition coefficient (Wildman–Crippen LogP) is 3.13. The van der Waals surface area contributed by atoms with Crippen LogP contribution in [-0.2, 0) is 0 Å². The lowest BCUT2D eigenvalue weighted by molar-refractivity contribution is 0.0764. The molecule has 0 aromatic carbocycles. The fourth-order valence-corrected chi connectivity index (χ4v) is 5.72. The average Bonchev–Trinajstić information content (AvgIpc) is 2.33. The SMILES string of the molecule is CS[C@@H]1C2CC3CC(C2)C(=C(C#N)C#N)C1C3. The van der Waals surface area contributed by atoms with Crippen molar-refractivity contribution in [1.82, 2.24) is 0 Å². The Hall–Kier alpha value is -0.930. The molecule has 4 rings (SSSR count). The second-order valence-electron chi connectivity index (χ2n) is 5.63. The molecular formula is C14H16N2S. The molecule has 4 bridgehead atoms. The van der Waals surface area contributed by atoms with Gasteiger partial charge in [0.1, 0.15) is 17.7 Å². The topological polar surface area (TPSA) is 47.6 Å². The van der Waals surface area contributed by atoms with Crippen LogP contribution in [-0.4, -0.2) is 11.5 Å². The average molecular weight is 244 g/mol. The van der Waals surface area contributed by atoms with Gasteiger partial charge in [-0.15, -0.1) is 0 Å². The number of allylic oxidation sites excluding steroid dienone is 2. The molecule has 17 heavy (non-hydrogen) atoms.